The number of rotatable bonds is 9. The molecule has 0 fully saturated rings. The van der Waals surface area contributed by atoms with Crippen LogP contribution < -0.4 is 10.5 Å². The maximum Gasteiger partial charge on any atom is 0.226 e. The van der Waals surface area contributed by atoms with Crippen molar-refractivity contribution in [3.8, 4) is 17.2 Å². The summed E-state index contributed by atoms with van der Waals surface area (Å²) < 4.78 is 17.4. The second kappa shape index (κ2) is 9.35. The van der Waals surface area contributed by atoms with Crippen LogP contribution in [0.5, 0.6) is 5.75 Å². The van der Waals surface area contributed by atoms with E-state index in [1.165, 1.54) is 0 Å². The minimum absolute atomic E-state index is 0.0280. The molecule has 1 atom stereocenters. The van der Waals surface area contributed by atoms with Gasteiger partial charge in [0.25, 0.3) is 0 Å². The lowest BCUT2D eigenvalue weighted by atomic mass is 10.1. The first-order valence-corrected chi connectivity index (χ1v) is 9.27. The van der Waals surface area contributed by atoms with Crippen LogP contribution in [0.2, 0.25) is 0 Å². The lowest BCUT2D eigenvalue weighted by Crippen LogP contribution is -2.10. The fourth-order valence-electron chi connectivity index (χ4n) is 2.90. The third kappa shape index (κ3) is 4.96. The van der Waals surface area contributed by atoms with E-state index in [4.69, 9.17) is 19.6 Å². The summed E-state index contributed by atoms with van der Waals surface area (Å²) in [5.74, 6) is 2.17. The van der Waals surface area contributed by atoms with E-state index in [1.54, 1.807) is 0 Å². The molecule has 0 amide bonds. The van der Waals surface area contributed by atoms with Crippen molar-refractivity contribution in [3.05, 3.63) is 71.6 Å². The number of benzene rings is 2. The van der Waals surface area contributed by atoms with E-state index in [2.05, 4.69) is 4.98 Å². The molecule has 1 heterocycles. The maximum absolute atomic E-state index is 5.89. The molecule has 0 aliphatic heterocycles. The Kier molecular flexibility index (Phi) is 6.63. The molecule has 5 heteroatoms. The summed E-state index contributed by atoms with van der Waals surface area (Å²) in [6.07, 6.45) is 0.828. The van der Waals surface area contributed by atoms with Crippen LogP contribution in [-0.4, -0.2) is 18.1 Å². The molecule has 27 heavy (non-hydrogen) atoms. The molecule has 0 bridgehead atoms. The number of aromatic nitrogens is 1. The first-order valence-electron chi connectivity index (χ1n) is 9.27. The van der Waals surface area contributed by atoms with Crippen LogP contribution in [0.3, 0.4) is 0 Å². The molecule has 0 spiro atoms. The Morgan fingerprint density at radius 2 is 1.81 bits per heavy atom. The number of nitrogens with zero attached hydrogens (tertiary/aromatic N) is 1. The molecule has 0 radical (unpaired) electrons. The Labute approximate surface area is 160 Å². The van der Waals surface area contributed by atoms with Gasteiger partial charge in [-0.2, -0.15) is 0 Å². The van der Waals surface area contributed by atoms with Crippen molar-refractivity contribution in [2.75, 3.05) is 13.2 Å². The van der Waals surface area contributed by atoms with Gasteiger partial charge in [0.05, 0.1) is 6.10 Å². The Hall–Kier alpha value is -2.63. The van der Waals surface area contributed by atoms with Crippen LogP contribution in [0, 0.1) is 6.92 Å². The number of ether oxygens (including phenoxy) is 2. The molecule has 2 N–H and O–H groups in total. The Morgan fingerprint density at radius 1 is 1.07 bits per heavy atom. The van der Waals surface area contributed by atoms with Gasteiger partial charge in [0, 0.05) is 12.2 Å². The second-order valence-electron chi connectivity index (χ2n) is 6.27. The predicted octanol–water partition coefficient (Wildman–Crippen LogP) is 4.66. The average Bonchev–Trinajstić information content (AvgIpc) is 3.08. The largest absolute Gasteiger partial charge is 0.487 e. The Bertz CT molecular complexity index is 823. The number of aryl methyl sites for hydroxylation is 1. The molecule has 5 nitrogen and oxygen atoms in total. The molecule has 142 valence electrons. The zero-order valence-corrected chi connectivity index (χ0v) is 15.9. The zero-order valence-electron chi connectivity index (χ0n) is 15.9. The number of hydrogen-bond donors (Lipinski definition) is 1. The topological polar surface area (TPSA) is 70.5 Å². The monoisotopic (exact) mass is 366 g/mol. The third-order valence-corrected chi connectivity index (χ3v) is 4.34. The minimum atomic E-state index is 0.0280. The van der Waals surface area contributed by atoms with Crippen LogP contribution in [0.1, 0.15) is 36.5 Å². The summed E-state index contributed by atoms with van der Waals surface area (Å²) in [6.45, 7) is 5.51. The first kappa shape index (κ1) is 19.1. The number of oxazole rings is 1. The van der Waals surface area contributed by atoms with Gasteiger partial charge in [-0.05, 0) is 56.6 Å². The van der Waals surface area contributed by atoms with Gasteiger partial charge < -0.3 is 19.6 Å². The lowest BCUT2D eigenvalue weighted by molar-refractivity contribution is 0.0580. The second-order valence-corrected chi connectivity index (χ2v) is 6.27. The molecule has 0 saturated heterocycles. The average molecular weight is 366 g/mol. The summed E-state index contributed by atoms with van der Waals surface area (Å²) in [5, 5.41) is 0. The highest BCUT2D eigenvalue weighted by molar-refractivity contribution is 5.53. The van der Waals surface area contributed by atoms with Gasteiger partial charge in [-0.15, -0.1) is 0 Å². The summed E-state index contributed by atoms with van der Waals surface area (Å²) in [7, 11) is 0. The molecule has 1 aromatic heterocycles. The van der Waals surface area contributed by atoms with Crippen molar-refractivity contribution in [2.45, 2.75) is 33.0 Å². The Balaban J connectivity index is 1.64. The minimum Gasteiger partial charge on any atom is -0.487 e. The van der Waals surface area contributed by atoms with Gasteiger partial charge in [0.15, 0.2) is 0 Å². The smallest absolute Gasteiger partial charge is 0.226 e. The Morgan fingerprint density at radius 3 is 2.48 bits per heavy atom. The SMILES string of the molecule is CCOC(CCN)c1ccc(OCc2nc(-c3ccccc3)oc2C)cc1. The lowest BCUT2D eigenvalue weighted by Gasteiger charge is -2.17. The van der Waals surface area contributed by atoms with E-state index < -0.39 is 0 Å². The highest BCUT2D eigenvalue weighted by Gasteiger charge is 2.13. The van der Waals surface area contributed by atoms with Crippen LogP contribution in [0.4, 0.5) is 0 Å². The van der Waals surface area contributed by atoms with Crippen LogP contribution in [-0.2, 0) is 11.3 Å². The summed E-state index contributed by atoms with van der Waals surface area (Å²) in [6, 6.07) is 17.8. The molecule has 2 aromatic carbocycles. The predicted molar refractivity (Wildman–Crippen MR) is 105 cm³/mol. The van der Waals surface area contributed by atoms with Gasteiger partial charge in [0.1, 0.15) is 23.8 Å². The van der Waals surface area contributed by atoms with Crippen molar-refractivity contribution >= 4 is 0 Å². The van der Waals surface area contributed by atoms with Gasteiger partial charge >= 0.3 is 0 Å². The quantitative estimate of drug-likeness (QED) is 0.596. The molecular formula is C22H26N2O3. The van der Waals surface area contributed by atoms with Gasteiger partial charge in [-0.25, -0.2) is 4.98 Å². The van der Waals surface area contributed by atoms with E-state index in [0.29, 0.717) is 25.6 Å². The van der Waals surface area contributed by atoms with E-state index in [1.807, 2.05) is 68.4 Å². The fraction of sp³-hybridized carbons (Fsp3) is 0.318. The van der Waals surface area contributed by atoms with Gasteiger partial charge in [-0.3, -0.25) is 0 Å². The highest BCUT2D eigenvalue weighted by atomic mass is 16.5. The van der Waals surface area contributed by atoms with Crippen LogP contribution >= 0.6 is 0 Å². The van der Waals surface area contributed by atoms with Crippen LogP contribution in [0.15, 0.2) is 59.0 Å². The van der Waals surface area contributed by atoms with Crippen molar-refractivity contribution in [1.82, 2.24) is 4.98 Å². The van der Waals surface area contributed by atoms with E-state index in [-0.39, 0.29) is 6.10 Å². The normalized spacial score (nSPS) is 12.1. The standard InChI is InChI=1S/C22H26N2O3/c1-3-25-21(13-14-23)17-9-11-19(12-10-17)26-15-20-16(2)27-22(24-20)18-7-5-4-6-8-18/h4-12,21H,3,13-15,23H2,1-2H3. The van der Waals surface area contributed by atoms with Gasteiger partial charge in [0.2, 0.25) is 5.89 Å². The van der Waals surface area contributed by atoms with Crippen molar-refractivity contribution in [2.24, 2.45) is 5.73 Å². The third-order valence-electron chi connectivity index (χ3n) is 4.34. The van der Waals surface area contributed by atoms with Gasteiger partial charge in [-0.1, -0.05) is 30.3 Å². The summed E-state index contributed by atoms with van der Waals surface area (Å²) in [4.78, 5) is 4.56. The first-order chi connectivity index (χ1) is 13.2. The summed E-state index contributed by atoms with van der Waals surface area (Å²) >= 11 is 0. The zero-order chi connectivity index (χ0) is 19.1. The van der Waals surface area contributed by atoms with E-state index in [9.17, 15) is 0 Å². The van der Waals surface area contributed by atoms with E-state index >= 15 is 0 Å². The molecule has 3 aromatic rings. The van der Waals surface area contributed by atoms with Crippen LogP contribution in [0.25, 0.3) is 11.5 Å². The molecular weight excluding hydrogens is 340 g/mol. The molecule has 0 saturated carbocycles. The fourth-order valence-corrected chi connectivity index (χ4v) is 2.90. The van der Waals surface area contributed by atoms with Crippen molar-refractivity contribution in [1.29, 1.82) is 0 Å². The highest BCUT2D eigenvalue weighted by Crippen LogP contribution is 2.25. The molecule has 0 aliphatic carbocycles. The maximum atomic E-state index is 5.89. The number of hydrogen-bond acceptors (Lipinski definition) is 5. The molecule has 1 unspecified atom stereocenters. The number of nitrogens with two attached hydrogens (primary N) is 1. The molecule has 0 aliphatic rings. The summed E-state index contributed by atoms with van der Waals surface area (Å²) in [5.41, 5.74) is 8.54. The van der Waals surface area contributed by atoms with Crippen molar-refractivity contribution in [3.63, 3.8) is 0 Å². The molecule has 3 rings (SSSR count). The van der Waals surface area contributed by atoms with Crippen molar-refractivity contribution < 1.29 is 13.9 Å². The van der Waals surface area contributed by atoms with E-state index in [0.717, 1.165) is 34.8 Å².